The maximum Gasteiger partial charge on any atom is 0.237 e. The lowest BCUT2D eigenvalue weighted by Gasteiger charge is -2.47. The second kappa shape index (κ2) is 8.56. The molecule has 2 bridgehead atoms. The molecule has 4 nitrogen and oxygen atoms in total. The number of nitrogens with one attached hydrogen (secondary N) is 2. The Balaban J connectivity index is 0.00000110. The van der Waals surface area contributed by atoms with Crippen molar-refractivity contribution in [2.24, 2.45) is 0 Å². The molecule has 3 fully saturated rings. The predicted octanol–water partition coefficient (Wildman–Crippen LogP) is 2.10. The Bertz CT molecular complexity index is 323. The van der Waals surface area contributed by atoms with Crippen LogP contribution < -0.4 is 10.6 Å². The minimum Gasteiger partial charge on any atom is -0.352 e. The number of piperidine rings is 3. The molecule has 6 heteroatoms. The number of halogens is 2. The third-order valence-electron chi connectivity index (χ3n) is 5.31. The van der Waals surface area contributed by atoms with Gasteiger partial charge in [0.15, 0.2) is 0 Å². The molecule has 3 rings (SSSR count). The molecule has 3 saturated heterocycles. The van der Waals surface area contributed by atoms with Gasteiger partial charge in [-0.15, -0.1) is 24.8 Å². The normalized spacial score (nSPS) is 36.0. The Hall–Kier alpha value is -0.0300. The Morgan fingerprint density at radius 1 is 1.05 bits per heavy atom. The molecule has 3 atom stereocenters. The number of carbonyl (C=O) groups is 1. The van der Waals surface area contributed by atoms with Gasteiger partial charge >= 0.3 is 0 Å². The molecule has 21 heavy (non-hydrogen) atoms. The van der Waals surface area contributed by atoms with Crippen LogP contribution in [0.4, 0.5) is 0 Å². The second-order valence-electron chi connectivity index (χ2n) is 6.58. The van der Waals surface area contributed by atoms with Crippen LogP contribution in [0.15, 0.2) is 0 Å². The minimum absolute atomic E-state index is 0. The summed E-state index contributed by atoms with van der Waals surface area (Å²) in [5.41, 5.74) is 0. The van der Waals surface area contributed by atoms with E-state index in [9.17, 15) is 4.79 Å². The smallest absolute Gasteiger partial charge is 0.237 e. The first-order valence-corrected chi connectivity index (χ1v) is 8.00. The van der Waals surface area contributed by atoms with Crippen molar-refractivity contribution >= 4 is 30.7 Å². The van der Waals surface area contributed by atoms with Gasteiger partial charge in [-0.1, -0.05) is 12.8 Å². The highest BCUT2D eigenvalue weighted by molar-refractivity contribution is 5.85. The van der Waals surface area contributed by atoms with E-state index in [4.69, 9.17) is 0 Å². The molecule has 3 aliphatic heterocycles. The summed E-state index contributed by atoms with van der Waals surface area (Å²) in [4.78, 5) is 14.8. The second-order valence-corrected chi connectivity index (χ2v) is 6.58. The van der Waals surface area contributed by atoms with Crippen molar-refractivity contribution in [2.75, 3.05) is 13.6 Å². The van der Waals surface area contributed by atoms with Gasteiger partial charge in [0.2, 0.25) is 5.91 Å². The summed E-state index contributed by atoms with van der Waals surface area (Å²) in [6, 6.07) is 1.85. The Morgan fingerprint density at radius 2 is 1.71 bits per heavy atom. The van der Waals surface area contributed by atoms with E-state index in [2.05, 4.69) is 22.6 Å². The van der Waals surface area contributed by atoms with Gasteiger partial charge in [0.25, 0.3) is 0 Å². The number of hydrogen-bond donors (Lipinski definition) is 2. The van der Waals surface area contributed by atoms with Gasteiger partial charge < -0.3 is 15.5 Å². The summed E-state index contributed by atoms with van der Waals surface area (Å²) in [7, 11) is 2.26. The molecule has 124 valence electrons. The molecule has 0 aromatic heterocycles. The van der Waals surface area contributed by atoms with E-state index in [1.807, 2.05) is 0 Å². The lowest BCUT2D eigenvalue weighted by atomic mass is 9.82. The number of nitrogens with zero attached hydrogens (tertiary/aromatic N) is 1. The average Bonchev–Trinajstić information content (AvgIpc) is 2.41. The van der Waals surface area contributed by atoms with Crippen LogP contribution in [0, 0.1) is 0 Å². The molecule has 0 aliphatic carbocycles. The zero-order chi connectivity index (χ0) is 13.2. The molecule has 0 radical (unpaired) electrons. The fourth-order valence-electron chi connectivity index (χ4n) is 4.11. The van der Waals surface area contributed by atoms with Crippen molar-refractivity contribution < 1.29 is 4.79 Å². The minimum atomic E-state index is 0. The van der Waals surface area contributed by atoms with E-state index < -0.39 is 0 Å². The van der Waals surface area contributed by atoms with Crippen LogP contribution in [0.2, 0.25) is 0 Å². The number of carbonyl (C=O) groups excluding carboxylic acids is 1. The molecule has 2 unspecified atom stereocenters. The molecule has 3 heterocycles. The van der Waals surface area contributed by atoms with E-state index >= 15 is 0 Å². The van der Waals surface area contributed by atoms with Crippen LogP contribution in [-0.2, 0) is 4.79 Å². The summed E-state index contributed by atoms with van der Waals surface area (Å²) in [6.45, 7) is 0.997. The molecule has 3 aliphatic rings. The highest BCUT2D eigenvalue weighted by Crippen LogP contribution is 2.32. The Morgan fingerprint density at radius 3 is 2.29 bits per heavy atom. The molecular weight excluding hydrogens is 309 g/mol. The average molecular weight is 338 g/mol. The summed E-state index contributed by atoms with van der Waals surface area (Å²) in [6.07, 6.45) is 9.67. The molecule has 2 N–H and O–H groups in total. The molecule has 1 amide bonds. The molecule has 0 aromatic carbocycles. The summed E-state index contributed by atoms with van der Waals surface area (Å²) < 4.78 is 0. The van der Waals surface area contributed by atoms with E-state index in [0.717, 1.165) is 25.8 Å². The first-order valence-electron chi connectivity index (χ1n) is 8.00. The van der Waals surface area contributed by atoms with E-state index in [0.29, 0.717) is 18.1 Å². The van der Waals surface area contributed by atoms with Gasteiger partial charge in [-0.3, -0.25) is 4.79 Å². The molecular formula is C15H29Cl2N3O. The van der Waals surface area contributed by atoms with Crippen LogP contribution >= 0.6 is 24.8 Å². The van der Waals surface area contributed by atoms with Gasteiger partial charge in [-0.2, -0.15) is 0 Å². The Kier molecular flexibility index (Phi) is 7.75. The van der Waals surface area contributed by atoms with Gasteiger partial charge in [0.1, 0.15) is 0 Å². The van der Waals surface area contributed by atoms with Gasteiger partial charge in [0.05, 0.1) is 6.04 Å². The van der Waals surface area contributed by atoms with Crippen molar-refractivity contribution in [3.05, 3.63) is 0 Å². The maximum absolute atomic E-state index is 12.3. The van der Waals surface area contributed by atoms with Crippen LogP contribution in [0.3, 0.4) is 0 Å². The lowest BCUT2D eigenvalue weighted by molar-refractivity contribution is -0.125. The number of hydrogen-bond acceptors (Lipinski definition) is 3. The zero-order valence-electron chi connectivity index (χ0n) is 12.8. The summed E-state index contributed by atoms with van der Waals surface area (Å²) in [5.74, 6) is 0.243. The van der Waals surface area contributed by atoms with E-state index in [1.165, 1.54) is 32.1 Å². The van der Waals surface area contributed by atoms with Crippen LogP contribution in [0.25, 0.3) is 0 Å². The van der Waals surface area contributed by atoms with Crippen LogP contribution in [0.5, 0.6) is 0 Å². The third kappa shape index (κ3) is 4.47. The third-order valence-corrected chi connectivity index (χ3v) is 5.31. The number of fused-ring (bicyclic) bond motifs is 2. The monoisotopic (exact) mass is 337 g/mol. The topological polar surface area (TPSA) is 44.4 Å². The van der Waals surface area contributed by atoms with Crippen LogP contribution in [0.1, 0.15) is 51.4 Å². The SMILES string of the molecule is CN1C2CCCC1CC(NC(=O)[C@H]1CCCCN1)C2.Cl.Cl. The van der Waals surface area contributed by atoms with Crippen molar-refractivity contribution in [3.63, 3.8) is 0 Å². The van der Waals surface area contributed by atoms with Crippen molar-refractivity contribution in [1.82, 2.24) is 15.5 Å². The number of rotatable bonds is 2. The summed E-state index contributed by atoms with van der Waals surface area (Å²) in [5, 5.41) is 6.65. The van der Waals surface area contributed by atoms with Crippen molar-refractivity contribution in [3.8, 4) is 0 Å². The predicted molar refractivity (Wildman–Crippen MR) is 90.5 cm³/mol. The van der Waals surface area contributed by atoms with Crippen molar-refractivity contribution in [1.29, 1.82) is 0 Å². The highest BCUT2D eigenvalue weighted by atomic mass is 35.5. The first-order chi connectivity index (χ1) is 9.24. The number of amides is 1. The Labute approximate surface area is 140 Å². The zero-order valence-corrected chi connectivity index (χ0v) is 14.5. The summed E-state index contributed by atoms with van der Waals surface area (Å²) >= 11 is 0. The van der Waals surface area contributed by atoms with E-state index in [-0.39, 0.29) is 36.8 Å². The van der Waals surface area contributed by atoms with E-state index in [1.54, 1.807) is 0 Å². The highest BCUT2D eigenvalue weighted by Gasteiger charge is 2.37. The largest absolute Gasteiger partial charge is 0.352 e. The molecule has 0 aromatic rings. The first kappa shape index (κ1) is 19.0. The molecule has 0 saturated carbocycles. The van der Waals surface area contributed by atoms with Crippen molar-refractivity contribution in [2.45, 2.75) is 75.5 Å². The maximum atomic E-state index is 12.3. The standard InChI is InChI=1S/C15H27N3O.2ClH/c1-18-12-5-4-6-13(18)10-11(9-12)17-15(19)14-7-2-3-8-16-14;;/h11-14,16H,2-10H2,1H3,(H,17,19);2*1H/t11?,12?,13?,14-;;/m1../s1. The lowest BCUT2D eigenvalue weighted by Crippen LogP contribution is -2.57. The molecule has 0 spiro atoms. The fourth-order valence-corrected chi connectivity index (χ4v) is 4.11. The van der Waals surface area contributed by atoms with Gasteiger partial charge in [0, 0.05) is 18.1 Å². The quantitative estimate of drug-likeness (QED) is 0.811. The van der Waals surface area contributed by atoms with Crippen LogP contribution in [-0.4, -0.2) is 48.6 Å². The fraction of sp³-hybridized carbons (Fsp3) is 0.933. The van der Waals surface area contributed by atoms with Gasteiger partial charge in [-0.25, -0.2) is 0 Å². The van der Waals surface area contributed by atoms with Gasteiger partial charge in [-0.05, 0) is 52.1 Å².